The summed E-state index contributed by atoms with van der Waals surface area (Å²) in [6.45, 7) is 7.90. The number of hydrogen-bond donors (Lipinski definition) is 1. The third kappa shape index (κ3) is 4.09. The molecule has 9 heteroatoms. The Bertz CT molecular complexity index is 991. The van der Waals surface area contributed by atoms with E-state index >= 15 is 0 Å². The number of esters is 1. The molecule has 0 unspecified atom stereocenters. The Morgan fingerprint density at radius 1 is 1.21 bits per heavy atom. The molecule has 2 heterocycles. The molecular weight excluding hydrogens is 378 g/mol. The highest BCUT2D eigenvalue weighted by molar-refractivity contribution is 7.15. The number of rotatable bonds is 6. The molecule has 0 fully saturated rings. The summed E-state index contributed by atoms with van der Waals surface area (Å²) in [4.78, 5) is 24.3. The monoisotopic (exact) mass is 399 g/mol. The van der Waals surface area contributed by atoms with Crippen molar-refractivity contribution in [3.8, 4) is 5.69 Å². The van der Waals surface area contributed by atoms with Gasteiger partial charge in [0.05, 0.1) is 24.2 Å². The van der Waals surface area contributed by atoms with E-state index in [1.165, 1.54) is 17.5 Å². The van der Waals surface area contributed by atoms with Crippen molar-refractivity contribution in [1.29, 1.82) is 0 Å². The van der Waals surface area contributed by atoms with E-state index in [-0.39, 0.29) is 11.8 Å². The summed E-state index contributed by atoms with van der Waals surface area (Å²) in [7, 11) is 0. The van der Waals surface area contributed by atoms with Crippen LogP contribution in [-0.4, -0.2) is 38.5 Å². The third-order valence-corrected chi connectivity index (χ3v) is 5.17. The van der Waals surface area contributed by atoms with Gasteiger partial charge in [-0.3, -0.25) is 10.1 Å². The fraction of sp³-hybridized carbons (Fsp3) is 0.316. The number of anilines is 1. The van der Waals surface area contributed by atoms with Crippen LogP contribution in [0.5, 0.6) is 0 Å². The smallest absolute Gasteiger partial charge is 0.341 e. The quantitative estimate of drug-likeness (QED) is 0.636. The molecule has 0 aliphatic heterocycles. The molecule has 0 bridgehead atoms. The van der Waals surface area contributed by atoms with Crippen molar-refractivity contribution in [2.75, 3.05) is 11.9 Å². The normalized spacial score (nSPS) is 10.9. The number of amides is 1. The predicted octanol–water partition coefficient (Wildman–Crippen LogP) is 3.58. The molecule has 0 radical (unpaired) electrons. The molecule has 0 aliphatic carbocycles. The Hall–Kier alpha value is -3.07. The van der Waals surface area contributed by atoms with Crippen molar-refractivity contribution in [3.63, 3.8) is 0 Å². The highest BCUT2D eigenvalue weighted by Gasteiger charge is 2.17. The van der Waals surface area contributed by atoms with Crippen LogP contribution in [0, 0.1) is 6.92 Å². The lowest BCUT2D eigenvalue weighted by atomic mass is 10.2. The van der Waals surface area contributed by atoms with Gasteiger partial charge in [-0.25, -0.2) is 9.48 Å². The summed E-state index contributed by atoms with van der Waals surface area (Å²) in [5, 5.41) is 16.4. The van der Waals surface area contributed by atoms with E-state index in [0.29, 0.717) is 28.6 Å². The fourth-order valence-corrected chi connectivity index (χ4v) is 3.26. The van der Waals surface area contributed by atoms with Crippen molar-refractivity contribution in [1.82, 2.24) is 20.0 Å². The number of aromatic nitrogens is 4. The number of nitrogens with zero attached hydrogens (tertiary/aromatic N) is 4. The topological polar surface area (TPSA) is 99.0 Å². The van der Waals surface area contributed by atoms with Crippen LogP contribution in [0.15, 0.2) is 30.5 Å². The first-order valence-corrected chi connectivity index (χ1v) is 9.69. The van der Waals surface area contributed by atoms with E-state index in [0.717, 1.165) is 10.7 Å². The SMILES string of the molecule is CCOC(=O)c1cnn(-c2ccc(C(=O)Nc3nnc(C(C)C)s3)cc2)c1C. The first kappa shape index (κ1) is 19.7. The van der Waals surface area contributed by atoms with Crippen molar-refractivity contribution >= 4 is 28.3 Å². The summed E-state index contributed by atoms with van der Waals surface area (Å²) < 4.78 is 6.66. The molecule has 0 saturated heterocycles. The van der Waals surface area contributed by atoms with Gasteiger partial charge in [-0.2, -0.15) is 5.10 Å². The van der Waals surface area contributed by atoms with E-state index in [2.05, 4.69) is 20.6 Å². The molecule has 3 rings (SSSR count). The second kappa shape index (κ2) is 8.30. The number of ether oxygens (including phenoxy) is 1. The van der Waals surface area contributed by atoms with E-state index in [4.69, 9.17) is 4.74 Å². The van der Waals surface area contributed by atoms with E-state index in [1.807, 2.05) is 13.8 Å². The number of carbonyl (C=O) groups is 2. The molecule has 146 valence electrons. The third-order valence-electron chi connectivity index (χ3n) is 4.03. The fourth-order valence-electron chi connectivity index (χ4n) is 2.52. The lowest BCUT2D eigenvalue weighted by molar-refractivity contribution is 0.0525. The van der Waals surface area contributed by atoms with Gasteiger partial charge in [-0.05, 0) is 38.1 Å². The van der Waals surface area contributed by atoms with Gasteiger partial charge in [0.2, 0.25) is 5.13 Å². The zero-order chi connectivity index (χ0) is 20.3. The maximum Gasteiger partial charge on any atom is 0.341 e. The molecule has 1 amide bonds. The Balaban J connectivity index is 1.74. The number of benzene rings is 1. The van der Waals surface area contributed by atoms with Gasteiger partial charge >= 0.3 is 5.97 Å². The lowest BCUT2D eigenvalue weighted by Gasteiger charge is -2.07. The molecule has 1 N–H and O–H groups in total. The van der Waals surface area contributed by atoms with Gasteiger partial charge in [0.25, 0.3) is 5.91 Å². The lowest BCUT2D eigenvalue weighted by Crippen LogP contribution is -2.12. The Morgan fingerprint density at radius 2 is 1.93 bits per heavy atom. The summed E-state index contributed by atoms with van der Waals surface area (Å²) in [5.41, 5.74) is 2.31. The molecule has 0 spiro atoms. The van der Waals surface area contributed by atoms with E-state index in [9.17, 15) is 9.59 Å². The molecule has 0 aliphatic rings. The van der Waals surface area contributed by atoms with Gasteiger partial charge < -0.3 is 4.74 Å². The summed E-state index contributed by atoms with van der Waals surface area (Å²) in [5.74, 6) is -0.401. The zero-order valence-corrected chi connectivity index (χ0v) is 16.9. The molecule has 1 aromatic carbocycles. The van der Waals surface area contributed by atoms with Crippen LogP contribution in [0.3, 0.4) is 0 Å². The minimum Gasteiger partial charge on any atom is -0.462 e. The Labute approximate surface area is 166 Å². The average molecular weight is 399 g/mol. The highest BCUT2D eigenvalue weighted by Crippen LogP contribution is 2.23. The Kier molecular flexibility index (Phi) is 5.84. The van der Waals surface area contributed by atoms with Crippen LogP contribution in [-0.2, 0) is 4.74 Å². The van der Waals surface area contributed by atoms with Gasteiger partial charge in [-0.15, -0.1) is 10.2 Å². The first-order chi connectivity index (χ1) is 13.4. The minimum absolute atomic E-state index is 0.262. The molecule has 3 aromatic rings. The standard InChI is InChI=1S/C19H21N5O3S/c1-5-27-18(26)15-10-20-24(12(15)4)14-8-6-13(7-9-14)16(25)21-19-23-22-17(28-19)11(2)3/h6-11H,5H2,1-4H3,(H,21,23,25). The number of hydrogen-bond acceptors (Lipinski definition) is 7. The maximum absolute atomic E-state index is 12.4. The highest BCUT2D eigenvalue weighted by atomic mass is 32.1. The summed E-state index contributed by atoms with van der Waals surface area (Å²) in [6.07, 6.45) is 1.48. The largest absolute Gasteiger partial charge is 0.462 e. The van der Waals surface area contributed by atoms with Crippen LogP contribution in [0.2, 0.25) is 0 Å². The maximum atomic E-state index is 12.4. The van der Waals surface area contributed by atoms with Gasteiger partial charge in [0, 0.05) is 11.5 Å². The molecule has 2 aromatic heterocycles. The molecule has 28 heavy (non-hydrogen) atoms. The van der Waals surface area contributed by atoms with Crippen LogP contribution in [0.25, 0.3) is 5.69 Å². The van der Waals surface area contributed by atoms with Crippen molar-refractivity contribution in [2.45, 2.75) is 33.6 Å². The molecular formula is C19H21N5O3S. The van der Waals surface area contributed by atoms with Crippen molar-refractivity contribution in [2.24, 2.45) is 0 Å². The Morgan fingerprint density at radius 3 is 2.54 bits per heavy atom. The van der Waals surface area contributed by atoms with Gasteiger partial charge in [0.15, 0.2) is 0 Å². The molecule has 0 saturated carbocycles. The first-order valence-electron chi connectivity index (χ1n) is 8.87. The molecule has 0 atom stereocenters. The second-order valence-corrected chi connectivity index (χ2v) is 7.39. The molecule has 8 nitrogen and oxygen atoms in total. The number of carbonyl (C=O) groups excluding carboxylic acids is 2. The second-order valence-electron chi connectivity index (χ2n) is 6.38. The number of nitrogens with one attached hydrogen (secondary N) is 1. The predicted molar refractivity (Wildman–Crippen MR) is 106 cm³/mol. The average Bonchev–Trinajstić information content (AvgIpc) is 3.29. The van der Waals surface area contributed by atoms with Crippen molar-refractivity contribution in [3.05, 3.63) is 52.3 Å². The van der Waals surface area contributed by atoms with Gasteiger partial charge in [0.1, 0.15) is 10.6 Å². The zero-order valence-electron chi connectivity index (χ0n) is 16.1. The van der Waals surface area contributed by atoms with E-state index in [1.54, 1.807) is 42.8 Å². The van der Waals surface area contributed by atoms with Crippen LogP contribution < -0.4 is 5.32 Å². The van der Waals surface area contributed by atoms with Crippen LogP contribution >= 0.6 is 11.3 Å². The minimum atomic E-state index is -0.403. The van der Waals surface area contributed by atoms with E-state index < -0.39 is 5.97 Å². The van der Waals surface area contributed by atoms with Crippen LogP contribution in [0.4, 0.5) is 5.13 Å². The van der Waals surface area contributed by atoms with Crippen molar-refractivity contribution < 1.29 is 14.3 Å². The summed E-state index contributed by atoms with van der Waals surface area (Å²) >= 11 is 1.36. The van der Waals surface area contributed by atoms with Crippen LogP contribution in [0.1, 0.15) is 58.1 Å². The summed E-state index contributed by atoms with van der Waals surface area (Å²) in [6, 6.07) is 6.92. The van der Waals surface area contributed by atoms with Gasteiger partial charge in [-0.1, -0.05) is 25.2 Å².